The molecule has 0 aromatic heterocycles. The first-order valence-corrected chi connectivity index (χ1v) is 15.2. The topological polar surface area (TPSA) is 36.9 Å². The molecular formula is C41H36O4. The molecule has 0 heterocycles. The Kier molecular flexibility index (Phi) is 10.1. The third-order valence-electron chi connectivity index (χ3n) is 7.23. The highest BCUT2D eigenvalue weighted by Crippen LogP contribution is 2.23. The van der Waals surface area contributed by atoms with Crippen LogP contribution in [0, 0.1) is 0 Å². The SMILES string of the molecule is c1ccc(OCc2cc(COc3ccccc3)cc(Cc3cc(COc4ccccc4)cc(COc4ccccc4)c3)c2)cc1. The van der Waals surface area contributed by atoms with Gasteiger partial charge in [-0.3, -0.25) is 0 Å². The molecule has 45 heavy (non-hydrogen) atoms. The summed E-state index contributed by atoms with van der Waals surface area (Å²) in [5.41, 5.74) is 6.76. The molecule has 4 heteroatoms. The van der Waals surface area contributed by atoms with E-state index in [1.165, 1.54) is 11.1 Å². The molecule has 0 aliphatic heterocycles. The molecule has 0 radical (unpaired) electrons. The van der Waals surface area contributed by atoms with Gasteiger partial charge in [-0.1, -0.05) is 97.1 Å². The number of ether oxygens (including phenoxy) is 4. The van der Waals surface area contributed by atoms with Crippen LogP contribution in [-0.2, 0) is 32.8 Å². The van der Waals surface area contributed by atoms with E-state index in [-0.39, 0.29) is 0 Å². The van der Waals surface area contributed by atoms with E-state index in [0.29, 0.717) is 26.4 Å². The quantitative estimate of drug-likeness (QED) is 0.126. The monoisotopic (exact) mass is 592 g/mol. The van der Waals surface area contributed by atoms with Gasteiger partial charge in [0.25, 0.3) is 0 Å². The Balaban J connectivity index is 1.25. The molecule has 0 saturated carbocycles. The summed E-state index contributed by atoms with van der Waals surface area (Å²) < 4.78 is 24.5. The van der Waals surface area contributed by atoms with E-state index in [9.17, 15) is 0 Å². The Morgan fingerprint density at radius 3 is 0.733 bits per heavy atom. The smallest absolute Gasteiger partial charge is 0.119 e. The van der Waals surface area contributed by atoms with Crippen LogP contribution in [0.4, 0.5) is 0 Å². The largest absolute Gasteiger partial charge is 0.489 e. The lowest BCUT2D eigenvalue weighted by Gasteiger charge is -2.15. The first-order valence-electron chi connectivity index (χ1n) is 15.2. The molecule has 0 saturated heterocycles. The van der Waals surface area contributed by atoms with Gasteiger partial charge in [-0.05, 0) is 100 Å². The standard InChI is InChI=1S/C41H36O4/c1-5-13-38(14-6-1)42-28-34-22-32(23-35(26-34)29-43-39-15-7-2-8-16-39)21-33-24-36(30-44-40-17-9-3-10-18-40)27-37(25-33)31-45-41-19-11-4-12-20-41/h1-20,22-27H,21,28-31H2. The van der Waals surface area contributed by atoms with Crippen LogP contribution in [0.15, 0.2) is 158 Å². The Hall–Kier alpha value is -5.48. The van der Waals surface area contributed by atoms with E-state index in [1.807, 2.05) is 121 Å². The Morgan fingerprint density at radius 1 is 0.267 bits per heavy atom. The number of hydrogen-bond donors (Lipinski definition) is 0. The normalized spacial score (nSPS) is 10.7. The highest BCUT2D eigenvalue weighted by Gasteiger charge is 2.09. The van der Waals surface area contributed by atoms with Gasteiger partial charge in [0.05, 0.1) is 0 Å². The fourth-order valence-corrected chi connectivity index (χ4v) is 5.19. The zero-order valence-corrected chi connectivity index (χ0v) is 25.2. The van der Waals surface area contributed by atoms with Crippen molar-refractivity contribution in [3.05, 3.63) is 191 Å². The van der Waals surface area contributed by atoms with Crippen LogP contribution < -0.4 is 18.9 Å². The van der Waals surface area contributed by atoms with Crippen LogP contribution >= 0.6 is 0 Å². The second kappa shape index (κ2) is 15.3. The van der Waals surface area contributed by atoms with Gasteiger partial charge in [0.15, 0.2) is 0 Å². The van der Waals surface area contributed by atoms with Crippen LogP contribution in [-0.4, -0.2) is 0 Å². The second-order valence-electron chi connectivity index (χ2n) is 10.9. The maximum absolute atomic E-state index is 6.13. The van der Waals surface area contributed by atoms with Crippen molar-refractivity contribution in [1.82, 2.24) is 0 Å². The van der Waals surface area contributed by atoms with Crippen molar-refractivity contribution < 1.29 is 18.9 Å². The molecule has 0 aliphatic carbocycles. The van der Waals surface area contributed by atoms with Gasteiger partial charge < -0.3 is 18.9 Å². The summed E-state index contributed by atoms with van der Waals surface area (Å²) in [6, 6.07) is 52.9. The number of hydrogen-bond acceptors (Lipinski definition) is 4. The fourth-order valence-electron chi connectivity index (χ4n) is 5.19. The van der Waals surface area contributed by atoms with Crippen molar-refractivity contribution in [3.63, 3.8) is 0 Å². The van der Waals surface area contributed by atoms with Crippen LogP contribution in [0.5, 0.6) is 23.0 Å². The highest BCUT2D eigenvalue weighted by molar-refractivity contribution is 5.38. The summed E-state index contributed by atoms with van der Waals surface area (Å²) in [5.74, 6) is 3.39. The minimum atomic E-state index is 0.470. The average Bonchev–Trinajstić information content (AvgIpc) is 3.10. The predicted molar refractivity (Wildman–Crippen MR) is 179 cm³/mol. The molecule has 0 atom stereocenters. The molecule has 6 rings (SSSR count). The Morgan fingerprint density at radius 2 is 0.489 bits per heavy atom. The molecule has 6 aromatic carbocycles. The van der Waals surface area contributed by atoms with E-state index in [1.54, 1.807) is 0 Å². The molecule has 0 unspecified atom stereocenters. The molecule has 0 fully saturated rings. The van der Waals surface area contributed by atoms with Gasteiger partial charge in [0.2, 0.25) is 0 Å². The maximum Gasteiger partial charge on any atom is 0.119 e. The van der Waals surface area contributed by atoms with Crippen molar-refractivity contribution in [3.8, 4) is 23.0 Å². The molecule has 6 aromatic rings. The van der Waals surface area contributed by atoms with E-state index < -0.39 is 0 Å². The van der Waals surface area contributed by atoms with Crippen LogP contribution in [0.25, 0.3) is 0 Å². The Labute approximate surface area is 265 Å². The molecule has 0 amide bonds. The van der Waals surface area contributed by atoms with Crippen molar-refractivity contribution in [2.45, 2.75) is 32.8 Å². The van der Waals surface area contributed by atoms with Crippen LogP contribution in [0.3, 0.4) is 0 Å². The molecular weight excluding hydrogens is 556 g/mol. The third kappa shape index (κ3) is 9.25. The zero-order valence-electron chi connectivity index (χ0n) is 25.2. The Bertz CT molecular complexity index is 1500. The van der Waals surface area contributed by atoms with E-state index >= 15 is 0 Å². The van der Waals surface area contributed by atoms with E-state index in [0.717, 1.165) is 51.7 Å². The average molecular weight is 593 g/mol. The van der Waals surface area contributed by atoms with E-state index in [2.05, 4.69) is 36.4 Å². The van der Waals surface area contributed by atoms with Gasteiger partial charge in [-0.2, -0.15) is 0 Å². The first-order chi connectivity index (χ1) is 22.2. The predicted octanol–water partition coefficient (Wildman–Crippen LogP) is 9.59. The van der Waals surface area contributed by atoms with Crippen molar-refractivity contribution in [1.29, 1.82) is 0 Å². The minimum Gasteiger partial charge on any atom is -0.489 e. The number of rotatable bonds is 14. The fraction of sp³-hybridized carbons (Fsp3) is 0.122. The molecule has 0 aliphatic rings. The summed E-state index contributed by atoms with van der Waals surface area (Å²) in [6.45, 7) is 1.88. The maximum atomic E-state index is 6.13. The summed E-state index contributed by atoms with van der Waals surface area (Å²) in [6.07, 6.45) is 0.745. The second-order valence-corrected chi connectivity index (χ2v) is 10.9. The lowest BCUT2D eigenvalue weighted by Crippen LogP contribution is -2.04. The molecule has 0 bridgehead atoms. The molecule has 0 spiro atoms. The first kappa shape index (κ1) is 29.6. The molecule has 0 N–H and O–H groups in total. The summed E-state index contributed by atoms with van der Waals surface area (Å²) >= 11 is 0. The number of benzene rings is 6. The van der Waals surface area contributed by atoms with Crippen molar-refractivity contribution in [2.24, 2.45) is 0 Å². The highest BCUT2D eigenvalue weighted by atomic mass is 16.5. The van der Waals surface area contributed by atoms with Crippen LogP contribution in [0.1, 0.15) is 33.4 Å². The van der Waals surface area contributed by atoms with E-state index in [4.69, 9.17) is 18.9 Å². The zero-order chi connectivity index (χ0) is 30.5. The summed E-state index contributed by atoms with van der Waals surface area (Å²) in [7, 11) is 0. The minimum absolute atomic E-state index is 0.470. The summed E-state index contributed by atoms with van der Waals surface area (Å²) in [4.78, 5) is 0. The van der Waals surface area contributed by atoms with Gasteiger partial charge in [-0.25, -0.2) is 0 Å². The molecule has 224 valence electrons. The van der Waals surface area contributed by atoms with Gasteiger partial charge >= 0.3 is 0 Å². The van der Waals surface area contributed by atoms with Crippen molar-refractivity contribution in [2.75, 3.05) is 0 Å². The van der Waals surface area contributed by atoms with Gasteiger partial charge in [0.1, 0.15) is 49.4 Å². The van der Waals surface area contributed by atoms with Gasteiger partial charge in [-0.15, -0.1) is 0 Å². The lowest BCUT2D eigenvalue weighted by atomic mass is 9.97. The van der Waals surface area contributed by atoms with Gasteiger partial charge in [0, 0.05) is 0 Å². The third-order valence-corrected chi connectivity index (χ3v) is 7.23. The summed E-state index contributed by atoms with van der Waals surface area (Å²) in [5, 5.41) is 0. The van der Waals surface area contributed by atoms with Crippen molar-refractivity contribution >= 4 is 0 Å². The molecule has 4 nitrogen and oxygen atoms in total. The lowest BCUT2D eigenvalue weighted by molar-refractivity contribution is 0.299. The number of para-hydroxylation sites is 4. The van der Waals surface area contributed by atoms with Crippen LogP contribution in [0.2, 0.25) is 0 Å².